The second kappa shape index (κ2) is 7.72. The molecule has 0 aliphatic carbocycles. The smallest absolute Gasteiger partial charge is 0.119 e. The molecule has 1 atom stereocenters. The molecule has 0 heterocycles. The molecule has 0 fully saturated rings. The Balaban J connectivity index is 2.90. The van der Waals surface area contributed by atoms with Gasteiger partial charge in [-0.25, -0.2) is 0 Å². The van der Waals surface area contributed by atoms with Gasteiger partial charge in [0.25, 0.3) is 0 Å². The number of rotatable bonds is 7. The molecule has 0 saturated heterocycles. The molecule has 0 saturated carbocycles. The molecular formula is C14H22BrNO. The van der Waals surface area contributed by atoms with Crippen LogP contribution in [0, 0.1) is 0 Å². The largest absolute Gasteiger partial charge is 0.497 e. The number of benzene rings is 1. The van der Waals surface area contributed by atoms with E-state index in [1.807, 2.05) is 6.07 Å². The summed E-state index contributed by atoms with van der Waals surface area (Å²) in [6.45, 7) is 5.46. The normalized spacial score (nSPS) is 12.5. The number of nitrogens with one attached hydrogen (secondary N) is 1. The Morgan fingerprint density at radius 2 is 2.06 bits per heavy atom. The first-order chi connectivity index (χ1) is 8.22. The zero-order valence-corrected chi connectivity index (χ0v) is 12.5. The second-order valence-electron chi connectivity index (χ2n) is 4.18. The first-order valence-corrected chi connectivity index (χ1v) is 7.09. The van der Waals surface area contributed by atoms with E-state index in [0.717, 1.165) is 29.6 Å². The lowest BCUT2D eigenvalue weighted by atomic mass is 10.0. The highest BCUT2D eigenvalue weighted by Gasteiger charge is 2.13. The molecule has 1 unspecified atom stereocenters. The molecule has 0 aromatic heterocycles. The van der Waals surface area contributed by atoms with Crippen LogP contribution in [0.1, 0.15) is 44.7 Å². The van der Waals surface area contributed by atoms with Crippen molar-refractivity contribution in [2.45, 2.75) is 39.2 Å². The van der Waals surface area contributed by atoms with Crippen LogP contribution in [-0.2, 0) is 0 Å². The van der Waals surface area contributed by atoms with Gasteiger partial charge in [-0.1, -0.05) is 36.2 Å². The zero-order valence-electron chi connectivity index (χ0n) is 10.9. The SMILES string of the molecule is CCCNC(CCC)c1cc(OC)ccc1Br. The van der Waals surface area contributed by atoms with Gasteiger partial charge >= 0.3 is 0 Å². The first-order valence-electron chi connectivity index (χ1n) is 6.29. The van der Waals surface area contributed by atoms with Gasteiger partial charge in [0.2, 0.25) is 0 Å². The molecule has 96 valence electrons. The van der Waals surface area contributed by atoms with E-state index in [4.69, 9.17) is 4.74 Å². The van der Waals surface area contributed by atoms with Gasteiger partial charge in [0.15, 0.2) is 0 Å². The summed E-state index contributed by atoms with van der Waals surface area (Å²) >= 11 is 3.63. The van der Waals surface area contributed by atoms with Gasteiger partial charge in [0, 0.05) is 10.5 Å². The van der Waals surface area contributed by atoms with Gasteiger partial charge in [-0.05, 0) is 43.1 Å². The van der Waals surface area contributed by atoms with E-state index in [2.05, 4.69) is 47.2 Å². The molecule has 0 aliphatic rings. The fraction of sp³-hybridized carbons (Fsp3) is 0.571. The molecule has 2 nitrogen and oxygen atoms in total. The van der Waals surface area contributed by atoms with Gasteiger partial charge in [0.1, 0.15) is 5.75 Å². The molecule has 0 spiro atoms. The summed E-state index contributed by atoms with van der Waals surface area (Å²) in [6, 6.07) is 6.57. The van der Waals surface area contributed by atoms with Crippen LogP contribution >= 0.6 is 15.9 Å². The molecular weight excluding hydrogens is 278 g/mol. The van der Waals surface area contributed by atoms with Crippen molar-refractivity contribution in [1.82, 2.24) is 5.32 Å². The van der Waals surface area contributed by atoms with Gasteiger partial charge in [-0.3, -0.25) is 0 Å². The van der Waals surface area contributed by atoms with Crippen molar-refractivity contribution in [2.24, 2.45) is 0 Å². The highest BCUT2D eigenvalue weighted by Crippen LogP contribution is 2.30. The lowest BCUT2D eigenvalue weighted by Gasteiger charge is -2.20. The van der Waals surface area contributed by atoms with Gasteiger partial charge in [0.05, 0.1) is 7.11 Å². The van der Waals surface area contributed by atoms with Crippen molar-refractivity contribution < 1.29 is 4.74 Å². The molecule has 1 aromatic rings. The summed E-state index contributed by atoms with van der Waals surface area (Å²) in [5.41, 5.74) is 1.29. The minimum atomic E-state index is 0.407. The van der Waals surface area contributed by atoms with Gasteiger partial charge in [-0.2, -0.15) is 0 Å². The van der Waals surface area contributed by atoms with Crippen LogP contribution in [0.15, 0.2) is 22.7 Å². The van der Waals surface area contributed by atoms with E-state index in [1.54, 1.807) is 7.11 Å². The van der Waals surface area contributed by atoms with Crippen LogP contribution in [0.4, 0.5) is 0 Å². The summed E-state index contributed by atoms with van der Waals surface area (Å²) < 4.78 is 6.45. The van der Waals surface area contributed by atoms with E-state index in [1.165, 1.54) is 12.0 Å². The van der Waals surface area contributed by atoms with Crippen molar-refractivity contribution in [3.05, 3.63) is 28.2 Å². The standard InChI is InChI=1S/C14H22BrNO/c1-4-6-14(16-9-5-2)12-10-11(17-3)7-8-13(12)15/h7-8,10,14,16H,4-6,9H2,1-3H3. The zero-order chi connectivity index (χ0) is 12.7. The fourth-order valence-corrected chi connectivity index (χ4v) is 2.41. The highest BCUT2D eigenvalue weighted by atomic mass is 79.9. The predicted octanol–water partition coefficient (Wildman–Crippen LogP) is 4.30. The first kappa shape index (κ1) is 14.5. The molecule has 0 amide bonds. The van der Waals surface area contributed by atoms with Crippen molar-refractivity contribution in [3.63, 3.8) is 0 Å². The number of halogens is 1. The van der Waals surface area contributed by atoms with Crippen molar-refractivity contribution in [1.29, 1.82) is 0 Å². The molecule has 1 rings (SSSR count). The van der Waals surface area contributed by atoms with Crippen LogP contribution in [0.25, 0.3) is 0 Å². The van der Waals surface area contributed by atoms with E-state index in [9.17, 15) is 0 Å². The Kier molecular flexibility index (Phi) is 6.60. The maximum atomic E-state index is 5.29. The van der Waals surface area contributed by atoms with Crippen LogP contribution in [0.5, 0.6) is 5.75 Å². The number of methoxy groups -OCH3 is 1. The molecule has 1 N–H and O–H groups in total. The molecule has 0 radical (unpaired) electrons. The fourth-order valence-electron chi connectivity index (χ4n) is 1.89. The number of hydrogen-bond acceptors (Lipinski definition) is 2. The Hall–Kier alpha value is -0.540. The van der Waals surface area contributed by atoms with E-state index in [-0.39, 0.29) is 0 Å². The highest BCUT2D eigenvalue weighted by molar-refractivity contribution is 9.10. The number of hydrogen-bond donors (Lipinski definition) is 1. The Morgan fingerprint density at radius 1 is 1.29 bits per heavy atom. The second-order valence-corrected chi connectivity index (χ2v) is 5.04. The molecule has 17 heavy (non-hydrogen) atoms. The minimum absolute atomic E-state index is 0.407. The van der Waals surface area contributed by atoms with Crippen molar-refractivity contribution in [3.8, 4) is 5.75 Å². The third kappa shape index (κ3) is 4.32. The maximum absolute atomic E-state index is 5.29. The van der Waals surface area contributed by atoms with Gasteiger partial charge < -0.3 is 10.1 Å². The Labute approximate surface area is 113 Å². The summed E-state index contributed by atoms with van der Waals surface area (Å²) in [7, 11) is 1.71. The minimum Gasteiger partial charge on any atom is -0.497 e. The lowest BCUT2D eigenvalue weighted by molar-refractivity contribution is 0.411. The van der Waals surface area contributed by atoms with Crippen LogP contribution < -0.4 is 10.1 Å². The Morgan fingerprint density at radius 3 is 2.65 bits per heavy atom. The third-order valence-electron chi connectivity index (χ3n) is 2.80. The quantitative estimate of drug-likeness (QED) is 0.810. The van der Waals surface area contributed by atoms with Gasteiger partial charge in [-0.15, -0.1) is 0 Å². The van der Waals surface area contributed by atoms with Crippen molar-refractivity contribution >= 4 is 15.9 Å². The molecule has 3 heteroatoms. The average molecular weight is 300 g/mol. The maximum Gasteiger partial charge on any atom is 0.119 e. The van der Waals surface area contributed by atoms with Crippen LogP contribution in [-0.4, -0.2) is 13.7 Å². The lowest BCUT2D eigenvalue weighted by Crippen LogP contribution is -2.22. The monoisotopic (exact) mass is 299 g/mol. The third-order valence-corrected chi connectivity index (χ3v) is 3.52. The van der Waals surface area contributed by atoms with E-state index < -0.39 is 0 Å². The Bertz CT molecular complexity index is 341. The predicted molar refractivity (Wildman–Crippen MR) is 76.6 cm³/mol. The molecule has 0 bridgehead atoms. The molecule has 1 aromatic carbocycles. The van der Waals surface area contributed by atoms with E-state index >= 15 is 0 Å². The van der Waals surface area contributed by atoms with Crippen molar-refractivity contribution in [2.75, 3.05) is 13.7 Å². The summed E-state index contributed by atoms with van der Waals surface area (Å²) in [4.78, 5) is 0. The summed E-state index contributed by atoms with van der Waals surface area (Å²) in [5.74, 6) is 0.919. The summed E-state index contributed by atoms with van der Waals surface area (Å²) in [6.07, 6.45) is 3.47. The topological polar surface area (TPSA) is 21.3 Å². The van der Waals surface area contributed by atoms with E-state index in [0.29, 0.717) is 6.04 Å². The molecule has 0 aliphatic heterocycles. The average Bonchev–Trinajstić information content (AvgIpc) is 2.35. The van der Waals surface area contributed by atoms with Crippen LogP contribution in [0.2, 0.25) is 0 Å². The number of ether oxygens (including phenoxy) is 1. The summed E-state index contributed by atoms with van der Waals surface area (Å²) in [5, 5.41) is 3.59. The van der Waals surface area contributed by atoms with Crippen LogP contribution in [0.3, 0.4) is 0 Å².